The standard InChI is InChI=1S/C16H24N2O2/c1-12-5-4-6-15(9-12)17-16(19)7-8-18-10-13(2)20-14(3)11-18/h4-6,9,13-14H,7-8,10-11H2,1-3H3,(H,17,19)/t13-,14-/m0/s1. The lowest BCUT2D eigenvalue weighted by Gasteiger charge is -2.35. The van der Waals surface area contributed by atoms with Crippen LogP contribution >= 0.6 is 0 Å². The van der Waals surface area contributed by atoms with Gasteiger partial charge in [-0.2, -0.15) is 0 Å². The van der Waals surface area contributed by atoms with Crippen molar-refractivity contribution in [3.63, 3.8) is 0 Å². The van der Waals surface area contributed by atoms with E-state index in [-0.39, 0.29) is 18.1 Å². The molecule has 1 N–H and O–H groups in total. The summed E-state index contributed by atoms with van der Waals surface area (Å²) >= 11 is 0. The highest BCUT2D eigenvalue weighted by molar-refractivity contribution is 5.90. The van der Waals surface area contributed by atoms with E-state index >= 15 is 0 Å². The normalized spacial score (nSPS) is 23.6. The van der Waals surface area contributed by atoms with Gasteiger partial charge in [0.25, 0.3) is 0 Å². The molecule has 0 radical (unpaired) electrons. The summed E-state index contributed by atoms with van der Waals surface area (Å²) in [6.07, 6.45) is 1.02. The van der Waals surface area contributed by atoms with Crippen LogP contribution in [0.3, 0.4) is 0 Å². The number of rotatable bonds is 4. The zero-order chi connectivity index (χ0) is 14.5. The van der Waals surface area contributed by atoms with Crippen LogP contribution in [0.1, 0.15) is 25.8 Å². The third kappa shape index (κ3) is 4.62. The van der Waals surface area contributed by atoms with E-state index < -0.39 is 0 Å². The Labute approximate surface area is 121 Å². The molecule has 1 heterocycles. The van der Waals surface area contributed by atoms with Crippen molar-refractivity contribution in [3.05, 3.63) is 29.8 Å². The molecule has 4 heteroatoms. The second-order valence-electron chi connectivity index (χ2n) is 5.68. The first-order valence-electron chi connectivity index (χ1n) is 7.27. The van der Waals surface area contributed by atoms with E-state index in [1.807, 2.05) is 31.2 Å². The van der Waals surface area contributed by atoms with Gasteiger partial charge in [0.2, 0.25) is 5.91 Å². The van der Waals surface area contributed by atoms with Crippen molar-refractivity contribution in [1.82, 2.24) is 4.90 Å². The van der Waals surface area contributed by atoms with Crippen molar-refractivity contribution in [2.24, 2.45) is 0 Å². The van der Waals surface area contributed by atoms with E-state index in [9.17, 15) is 4.79 Å². The molecule has 1 aliphatic rings. The first-order valence-corrected chi connectivity index (χ1v) is 7.27. The molecule has 20 heavy (non-hydrogen) atoms. The number of benzene rings is 1. The summed E-state index contributed by atoms with van der Waals surface area (Å²) in [5.74, 6) is 0.0717. The molecule has 2 rings (SSSR count). The molecule has 0 bridgehead atoms. The second-order valence-corrected chi connectivity index (χ2v) is 5.68. The molecule has 0 unspecified atom stereocenters. The van der Waals surface area contributed by atoms with E-state index in [4.69, 9.17) is 4.74 Å². The number of aryl methyl sites for hydroxylation is 1. The van der Waals surface area contributed by atoms with Crippen LogP contribution in [0, 0.1) is 6.92 Å². The summed E-state index contributed by atoms with van der Waals surface area (Å²) in [6.45, 7) is 8.77. The van der Waals surface area contributed by atoms with Crippen molar-refractivity contribution in [1.29, 1.82) is 0 Å². The number of anilines is 1. The third-order valence-corrected chi connectivity index (χ3v) is 3.45. The van der Waals surface area contributed by atoms with Gasteiger partial charge in [0.05, 0.1) is 12.2 Å². The summed E-state index contributed by atoms with van der Waals surface area (Å²) < 4.78 is 5.69. The Hall–Kier alpha value is -1.39. The van der Waals surface area contributed by atoms with Crippen LogP contribution in [0.5, 0.6) is 0 Å². The molecule has 1 saturated heterocycles. The molecule has 0 aromatic heterocycles. The lowest BCUT2D eigenvalue weighted by Crippen LogP contribution is -2.46. The average molecular weight is 276 g/mol. The molecule has 0 spiro atoms. The van der Waals surface area contributed by atoms with Gasteiger partial charge in [-0.3, -0.25) is 9.69 Å². The van der Waals surface area contributed by atoms with Crippen molar-refractivity contribution in [2.75, 3.05) is 25.0 Å². The van der Waals surface area contributed by atoms with E-state index in [2.05, 4.69) is 24.1 Å². The number of carbonyl (C=O) groups excluding carboxylic acids is 1. The maximum atomic E-state index is 12.0. The molecule has 1 fully saturated rings. The average Bonchev–Trinajstić information content (AvgIpc) is 2.35. The highest BCUT2D eigenvalue weighted by atomic mass is 16.5. The number of hydrogen-bond donors (Lipinski definition) is 1. The van der Waals surface area contributed by atoms with Crippen LogP contribution in [0.2, 0.25) is 0 Å². The van der Waals surface area contributed by atoms with E-state index in [0.717, 1.165) is 30.9 Å². The van der Waals surface area contributed by atoms with Gasteiger partial charge in [0.15, 0.2) is 0 Å². The summed E-state index contributed by atoms with van der Waals surface area (Å²) in [6, 6.07) is 7.88. The Morgan fingerprint density at radius 1 is 1.35 bits per heavy atom. The van der Waals surface area contributed by atoms with Gasteiger partial charge in [-0.05, 0) is 38.5 Å². The lowest BCUT2D eigenvalue weighted by atomic mass is 10.2. The minimum absolute atomic E-state index is 0.0717. The van der Waals surface area contributed by atoms with Crippen LogP contribution in [0.25, 0.3) is 0 Å². The molecule has 2 atom stereocenters. The number of amides is 1. The fourth-order valence-corrected chi connectivity index (χ4v) is 2.67. The smallest absolute Gasteiger partial charge is 0.225 e. The van der Waals surface area contributed by atoms with Crippen LogP contribution in [0.4, 0.5) is 5.69 Å². The highest BCUT2D eigenvalue weighted by Crippen LogP contribution is 2.12. The topological polar surface area (TPSA) is 41.6 Å². The van der Waals surface area contributed by atoms with Crippen LogP contribution < -0.4 is 5.32 Å². The zero-order valence-corrected chi connectivity index (χ0v) is 12.6. The fourth-order valence-electron chi connectivity index (χ4n) is 2.67. The third-order valence-electron chi connectivity index (χ3n) is 3.45. The molecule has 0 aliphatic carbocycles. The first kappa shape index (κ1) is 15.0. The first-order chi connectivity index (χ1) is 9.52. The van der Waals surface area contributed by atoms with Crippen molar-refractivity contribution >= 4 is 11.6 Å². The van der Waals surface area contributed by atoms with E-state index in [0.29, 0.717) is 6.42 Å². The Morgan fingerprint density at radius 2 is 2.05 bits per heavy atom. The monoisotopic (exact) mass is 276 g/mol. The van der Waals surface area contributed by atoms with E-state index in [1.54, 1.807) is 0 Å². The van der Waals surface area contributed by atoms with Crippen LogP contribution in [-0.2, 0) is 9.53 Å². The van der Waals surface area contributed by atoms with Crippen LogP contribution in [0.15, 0.2) is 24.3 Å². The van der Waals surface area contributed by atoms with Gasteiger partial charge in [0, 0.05) is 31.7 Å². The van der Waals surface area contributed by atoms with Gasteiger partial charge in [-0.25, -0.2) is 0 Å². The van der Waals surface area contributed by atoms with Crippen molar-refractivity contribution in [3.8, 4) is 0 Å². The van der Waals surface area contributed by atoms with Gasteiger partial charge >= 0.3 is 0 Å². The molecular weight excluding hydrogens is 252 g/mol. The fraction of sp³-hybridized carbons (Fsp3) is 0.562. The number of nitrogens with zero attached hydrogens (tertiary/aromatic N) is 1. The van der Waals surface area contributed by atoms with Gasteiger partial charge in [-0.1, -0.05) is 12.1 Å². The van der Waals surface area contributed by atoms with Gasteiger partial charge in [-0.15, -0.1) is 0 Å². The Balaban J connectivity index is 1.77. The second kappa shape index (κ2) is 6.86. The number of ether oxygens (including phenoxy) is 1. The molecule has 4 nitrogen and oxygen atoms in total. The quantitative estimate of drug-likeness (QED) is 0.918. The van der Waals surface area contributed by atoms with Crippen molar-refractivity contribution < 1.29 is 9.53 Å². The largest absolute Gasteiger partial charge is 0.373 e. The summed E-state index contributed by atoms with van der Waals surface area (Å²) in [5, 5.41) is 2.95. The van der Waals surface area contributed by atoms with Crippen molar-refractivity contribution in [2.45, 2.75) is 39.4 Å². The molecule has 0 saturated carbocycles. The van der Waals surface area contributed by atoms with Gasteiger partial charge < -0.3 is 10.1 Å². The number of carbonyl (C=O) groups is 1. The van der Waals surface area contributed by atoms with Crippen LogP contribution in [-0.4, -0.2) is 42.6 Å². The Bertz CT molecular complexity index is 452. The highest BCUT2D eigenvalue weighted by Gasteiger charge is 2.22. The Morgan fingerprint density at radius 3 is 2.70 bits per heavy atom. The minimum atomic E-state index is 0.0717. The maximum absolute atomic E-state index is 12.0. The molecule has 1 amide bonds. The predicted molar refractivity (Wildman–Crippen MR) is 80.9 cm³/mol. The summed E-state index contributed by atoms with van der Waals surface area (Å²) in [4.78, 5) is 14.3. The predicted octanol–water partition coefficient (Wildman–Crippen LogP) is 2.43. The molecule has 1 aromatic carbocycles. The van der Waals surface area contributed by atoms with E-state index in [1.165, 1.54) is 0 Å². The molecule has 1 aromatic rings. The lowest BCUT2D eigenvalue weighted by molar-refractivity contribution is -0.117. The SMILES string of the molecule is Cc1cccc(NC(=O)CCN2C[C@H](C)O[C@@H](C)C2)c1. The molecular formula is C16H24N2O2. The number of nitrogens with one attached hydrogen (secondary N) is 1. The Kier molecular flexibility index (Phi) is 5.15. The minimum Gasteiger partial charge on any atom is -0.373 e. The maximum Gasteiger partial charge on any atom is 0.225 e. The summed E-state index contributed by atoms with van der Waals surface area (Å²) in [5.41, 5.74) is 2.03. The molecule has 1 aliphatic heterocycles. The summed E-state index contributed by atoms with van der Waals surface area (Å²) in [7, 11) is 0. The van der Waals surface area contributed by atoms with Gasteiger partial charge in [0.1, 0.15) is 0 Å². The molecule has 110 valence electrons. The number of morpholine rings is 1. The zero-order valence-electron chi connectivity index (χ0n) is 12.6. The number of hydrogen-bond acceptors (Lipinski definition) is 3.